The van der Waals surface area contributed by atoms with Gasteiger partial charge in [-0.05, 0) is 18.4 Å². The Hall–Kier alpha value is -3.23. The van der Waals surface area contributed by atoms with Crippen LogP contribution in [0.5, 0.6) is 0 Å². The normalized spacial score (nSPS) is 16.5. The molecule has 26 heavy (non-hydrogen) atoms. The van der Waals surface area contributed by atoms with Crippen molar-refractivity contribution in [2.45, 2.75) is 31.8 Å². The smallest absolute Gasteiger partial charge is 0.316 e. The zero-order chi connectivity index (χ0) is 18.5. The van der Waals surface area contributed by atoms with Gasteiger partial charge in [0, 0.05) is 13.1 Å². The van der Waals surface area contributed by atoms with Gasteiger partial charge in [-0.2, -0.15) is 4.98 Å². The average Bonchev–Trinajstić information content (AvgIpc) is 3.30. The molecule has 3 amide bonds. The topological polar surface area (TPSA) is 131 Å². The summed E-state index contributed by atoms with van der Waals surface area (Å²) in [4.78, 5) is 41.1. The van der Waals surface area contributed by atoms with Crippen molar-refractivity contribution < 1.29 is 18.9 Å². The van der Waals surface area contributed by atoms with E-state index < -0.39 is 17.9 Å². The van der Waals surface area contributed by atoms with Crippen LogP contribution in [0.4, 0.5) is 0 Å². The van der Waals surface area contributed by atoms with Crippen molar-refractivity contribution >= 4 is 17.7 Å². The van der Waals surface area contributed by atoms with Crippen LogP contribution < -0.4 is 11.1 Å². The molecule has 1 unspecified atom stereocenters. The number of carbonyl (C=O) groups excluding carboxylic acids is 3. The number of nitrogens with two attached hydrogens (primary N) is 1. The van der Waals surface area contributed by atoms with Crippen molar-refractivity contribution in [3.63, 3.8) is 0 Å². The van der Waals surface area contributed by atoms with Crippen LogP contribution in [0.25, 0.3) is 0 Å². The number of amides is 3. The Morgan fingerprint density at radius 3 is 2.77 bits per heavy atom. The predicted molar refractivity (Wildman–Crippen MR) is 89.5 cm³/mol. The number of likely N-dealkylation sites (tertiary alicyclic amines) is 1. The molecule has 1 aliphatic rings. The van der Waals surface area contributed by atoms with Gasteiger partial charge in [-0.3, -0.25) is 14.4 Å². The fraction of sp³-hybridized carbons (Fsp3) is 0.353. The van der Waals surface area contributed by atoms with E-state index in [1.165, 1.54) is 4.90 Å². The number of carbonyl (C=O) groups is 3. The third-order valence-electron chi connectivity index (χ3n) is 4.14. The van der Waals surface area contributed by atoms with E-state index in [0.29, 0.717) is 25.9 Å². The van der Waals surface area contributed by atoms with Crippen LogP contribution in [0, 0.1) is 0 Å². The highest BCUT2D eigenvalue weighted by atomic mass is 16.5. The number of nitrogens with one attached hydrogen (secondary N) is 1. The molecule has 0 saturated carbocycles. The summed E-state index contributed by atoms with van der Waals surface area (Å²) in [5, 5.41) is 6.41. The third-order valence-corrected chi connectivity index (χ3v) is 4.14. The molecular weight excluding hydrogens is 338 g/mol. The second-order valence-corrected chi connectivity index (χ2v) is 6.01. The summed E-state index contributed by atoms with van der Waals surface area (Å²) < 4.78 is 4.95. The molecule has 1 aliphatic heterocycles. The number of primary amides is 1. The lowest BCUT2D eigenvalue weighted by Crippen LogP contribution is -2.43. The molecule has 2 aromatic rings. The summed E-state index contributed by atoms with van der Waals surface area (Å²) in [6, 6.07) is 8.80. The first kappa shape index (κ1) is 17.6. The van der Waals surface area contributed by atoms with E-state index in [1.54, 1.807) is 0 Å². The van der Waals surface area contributed by atoms with Crippen molar-refractivity contribution in [2.24, 2.45) is 5.73 Å². The molecule has 2 heterocycles. The van der Waals surface area contributed by atoms with Crippen LogP contribution in [-0.2, 0) is 22.6 Å². The van der Waals surface area contributed by atoms with E-state index in [2.05, 4.69) is 15.5 Å². The molecule has 9 nitrogen and oxygen atoms in total. The van der Waals surface area contributed by atoms with Gasteiger partial charge in [0.1, 0.15) is 6.04 Å². The van der Waals surface area contributed by atoms with Crippen molar-refractivity contribution in [3.8, 4) is 0 Å². The lowest BCUT2D eigenvalue weighted by molar-refractivity contribution is -0.122. The molecule has 0 spiro atoms. The van der Waals surface area contributed by atoms with E-state index in [1.807, 2.05) is 30.3 Å². The van der Waals surface area contributed by atoms with Gasteiger partial charge in [-0.15, -0.1) is 0 Å². The highest BCUT2D eigenvalue weighted by Gasteiger charge is 2.35. The van der Waals surface area contributed by atoms with E-state index >= 15 is 0 Å². The Morgan fingerprint density at radius 2 is 2.04 bits per heavy atom. The van der Waals surface area contributed by atoms with Crippen LogP contribution in [-0.4, -0.2) is 45.3 Å². The summed E-state index contributed by atoms with van der Waals surface area (Å²) >= 11 is 0. The van der Waals surface area contributed by atoms with Gasteiger partial charge in [0.2, 0.25) is 11.8 Å². The monoisotopic (exact) mass is 357 g/mol. The van der Waals surface area contributed by atoms with Crippen molar-refractivity contribution in [1.82, 2.24) is 20.4 Å². The minimum absolute atomic E-state index is 0.105. The lowest BCUT2D eigenvalue weighted by atomic mass is 10.2. The first-order valence-corrected chi connectivity index (χ1v) is 8.28. The Balaban J connectivity index is 1.56. The average molecular weight is 357 g/mol. The van der Waals surface area contributed by atoms with Crippen molar-refractivity contribution in [2.75, 3.05) is 6.54 Å². The number of hydrogen-bond acceptors (Lipinski definition) is 6. The fourth-order valence-corrected chi connectivity index (χ4v) is 2.84. The predicted octanol–water partition coefficient (Wildman–Crippen LogP) is 0.0184. The van der Waals surface area contributed by atoms with Crippen LogP contribution >= 0.6 is 0 Å². The minimum atomic E-state index is -0.660. The Bertz CT molecular complexity index is 804. The van der Waals surface area contributed by atoms with Gasteiger partial charge in [0.15, 0.2) is 5.82 Å². The maximum absolute atomic E-state index is 12.4. The maximum atomic E-state index is 12.4. The number of benzene rings is 1. The quantitative estimate of drug-likeness (QED) is 0.749. The maximum Gasteiger partial charge on any atom is 0.316 e. The molecule has 0 bridgehead atoms. The van der Waals surface area contributed by atoms with E-state index in [9.17, 15) is 14.4 Å². The zero-order valence-corrected chi connectivity index (χ0v) is 14.1. The summed E-state index contributed by atoms with van der Waals surface area (Å²) in [6.07, 6.45) is 1.09. The van der Waals surface area contributed by atoms with Gasteiger partial charge in [0.05, 0.1) is 6.42 Å². The highest BCUT2D eigenvalue weighted by Crippen LogP contribution is 2.19. The van der Waals surface area contributed by atoms with Crippen molar-refractivity contribution in [1.29, 1.82) is 0 Å². The largest absolute Gasteiger partial charge is 0.368 e. The molecule has 1 atom stereocenters. The van der Waals surface area contributed by atoms with Crippen LogP contribution in [0.15, 0.2) is 34.9 Å². The van der Waals surface area contributed by atoms with Gasteiger partial charge in [-0.1, -0.05) is 35.5 Å². The molecule has 3 N–H and O–H groups in total. The molecule has 3 rings (SSSR count). The molecule has 1 aromatic carbocycles. The van der Waals surface area contributed by atoms with Gasteiger partial charge in [-0.25, -0.2) is 0 Å². The Labute approximate surface area is 149 Å². The first-order chi connectivity index (χ1) is 12.5. The molecule has 0 aliphatic carbocycles. The molecule has 1 aromatic heterocycles. The van der Waals surface area contributed by atoms with Crippen LogP contribution in [0.1, 0.15) is 34.9 Å². The summed E-state index contributed by atoms with van der Waals surface area (Å²) in [6.45, 7) is 0.791. The Morgan fingerprint density at radius 1 is 1.27 bits per heavy atom. The fourth-order valence-electron chi connectivity index (χ4n) is 2.84. The lowest BCUT2D eigenvalue weighted by Gasteiger charge is -2.19. The highest BCUT2D eigenvalue weighted by molar-refractivity contribution is 5.94. The molecule has 9 heteroatoms. The number of rotatable bonds is 6. The standard InChI is InChI=1S/C17H19N5O4/c18-15(24)12-7-4-8-22(12)17(25)16-20-13(21-26-16)9-14(23)19-10-11-5-2-1-3-6-11/h1-3,5-6,12H,4,7-10H2,(H2,18,24)(H,19,23). The minimum Gasteiger partial charge on any atom is -0.368 e. The van der Waals surface area contributed by atoms with E-state index in [0.717, 1.165) is 5.56 Å². The van der Waals surface area contributed by atoms with Gasteiger partial charge < -0.3 is 20.5 Å². The van der Waals surface area contributed by atoms with Crippen LogP contribution in [0.3, 0.4) is 0 Å². The Kier molecular flexibility index (Phi) is 5.26. The molecular formula is C17H19N5O4. The second-order valence-electron chi connectivity index (χ2n) is 6.01. The van der Waals surface area contributed by atoms with Crippen molar-refractivity contribution in [3.05, 3.63) is 47.6 Å². The summed E-state index contributed by atoms with van der Waals surface area (Å²) in [7, 11) is 0. The number of hydrogen-bond donors (Lipinski definition) is 2. The molecule has 1 fully saturated rings. The van der Waals surface area contributed by atoms with E-state index in [-0.39, 0.29) is 24.0 Å². The first-order valence-electron chi connectivity index (χ1n) is 8.28. The summed E-state index contributed by atoms with van der Waals surface area (Å²) in [5.41, 5.74) is 6.27. The molecule has 1 saturated heterocycles. The zero-order valence-electron chi connectivity index (χ0n) is 14.1. The number of aromatic nitrogens is 2. The number of nitrogens with zero attached hydrogens (tertiary/aromatic N) is 3. The molecule has 136 valence electrons. The van der Waals surface area contributed by atoms with Crippen LogP contribution in [0.2, 0.25) is 0 Å². The van der Waals surface area contributed by atoms with Gasteiger partial charge in [0.25, 0.3) is 0 Å². The third kappa shape index (κ3) is 4.05. The van der Waals surface area contributed by atoms with Gasteiger partial charge >= 0.3 is 11.8 Å². The SMILES string of the molecule is NC(=O)C1CCCN1C(=O)c1nc(CC(=O)NCc2ccccc2)no1. The molecule has 0 radical (unpaired) electrons. The summed E-state index contributed by atoms with van der Waals surface area (Å²) in [5.74, 6) is -1.53. The second kappa shape index (κ2) is 7.77. The van der Waals surface area contributed by atoms with E-state index in [4.69, 9.17) is 10.3 Å².